The number of fused-ring (bicyclic) bond motifs is 4. The van der Waals surface area contributed by atoms with Crippen LogP contribution in [-0.2, 0) is 56.1 Å². The zero-order valence-electron chi connectivity index (χ0n) is 49.7. The molecule has 0 saturated heterocycles. The molecule has 84 heavy (non-hydrogen) atoms. The fourth-order valence-electron chi connectivity index (χ4n) is 9.30. The molecule has 20 nitrogen and oxygen atoms in total. The van der Waals surface area contributed by atoms with Gasteiger partial charge >= 0.3 is 197 Å². The maximum absolute atomic E-state index is 12.7. The SMILES string of the molecule is CCC[CH2][Sn]([CH2]CCC)([CH2]CCC)[c]1nn(C)c2ccc(OC(F)F)cc12.COC(=O)c1cn(COC(=O)C(C)(C)C)c2ncc(-c3nn(C)c4ccc(OC(F)F)cc34)nc12.COC(=O)c1cn(COC(=O)C(C)(C)C)c2ncc(Br)nc12. The Balaban J connectivity index is 0.000000208. The van der Waals surface area contributed by atoms with Crippen molar-refractivity contribution in [2.24, 2.45) is 24.9 Å². The fraction of sp³-hybridized carbons (Fsp3) is 0.483. The van der Waals surface area contributed by atoms with E-state index in [-0.39, 0.29) is 53.2 Å². The molecule has 454 valence electrons. The Morgan fingerprint density at radius 3 is 1.49 bits per heavy atom. The molecule has 6 heterocycles. The van der Waals surface area contributed by atoms with Gasteiger partial charge < -0.3 is 23.7 Å². The van der Waals surface area contributed by atoms with Gasteiger partial charge in [0.15, 0.2) is 24.8 Å². The summed E-state index contributed by atoms with van der Waals surface area (Å²) in [6.45, 7) is 11.2. The van der Waals surface area contributed by atoms with E-state index in [2.05, 4.69) is 66.5 Å². The third-order valence-corrected chi connectivity index (χ3v) is 29.2. The second kappa shape index (κ2) is 28.8. The first-order valence-electron chi connectivity index (χ1n) is 27.4. The van der Waals surface area contributed by atoms with E-state index < -0.39 is 60.3 Å². The van der Waals surface area contributed by atoms with E-state index >= 15 is 0 Å². The molecular formula is C58H73BrF4N10O10Sn. The molecular weight excluding hydrogens is 1270 g/mol. The summed E-state index contributed by atoms with van der Waals surface area (Å²) in [7, 11) is 6.19. The number of carbonyl (C=O) groups is 4. The number of hydrogen-bond donors (Lipinski definition) is 0. The van der Waals surface area contributed by atoms with E-state index in [1.54, 1.807) is 76.0 Å². The first kappa shape index (κ1) is 66.2. The molecule has 0 aliphatic heterocycles. The maximum Gasteiger partial charge on any atom is 0.387 e. The van der Waals surface area contributed by atoms with Gasteiger partial charge in [0.1, 0.15) is 43.9 Å². The minimum absolute atomic E-state index is 0.0298. The predicted molar refractivity (Wildman–Crippen MR) is 315 cm³/mol. The number of aromatic nitrogens is 10. The van der Waals surface area contributed by atoms with Crippen molar-refractivity contribution in [2.75, 3.05) is 14.2 Å². The summed E-state index contributed by atoms with van der Waals surface area (Å²) in [5.74, 6) is -1.74. The molecule has 0 saturated carbocycles. The van der Waals surface area contributed by atoms with Crippen molar-refractivity contribution in [1.29, 1.82) is 0 Å². The Labute approximate surface area is 496 Å². The van der Waals surface area contributed by atoms with Crippen LogP contribution in [0, 0.1) is 10.8 Å². The number of alkyl halides is 4. The van der Waals surface area contributed by atoms with Crippen LogP contribution in [0.2, 0.25) is 13.3 Å². The van der Waals surface area contributed by atoms with Crippen LogP contribution in [0.3, 0.4) is 0 Å². The van der Waals surface area contributed by atoms with Crippen molar-refractivity contribution < 1.29 is 65.2 Å². The van der Waals surface area contributed by atoms with Crippen LogP contribution in [-0.4, -0.2) is 118 Å². The third kappa shape index (κ3) is 16.1. The van der Waals surface area contributed by atoms with Gasteiger partial charge in [-0.3, -0.25) is 23.4 Å². The molecule has 0 bridgehead atoms. The number of aryl methyl sites for hydroxylation is 2. The van der Waals surface area contributed by atoms with Crippen LogP contribution in [0.4, 0.5) is 17.6 Å². The number of nitrogens with zero attached hydrogens (tertiary/aromatic N) is 10. The van der Waals surface area contributed by atoms with Crippen LogP contribution in [0.15, 0.2) is 65.8 Å². The van der Waals surface area contributed by atoms with E-state index in [0.717, 1.165) is 10.9 Å². The largest absolute Gasteiger partial charge is 0.465 e. The van der Waals surface area contributed by atoms with E-state index in [9.17, 15) is 36.7 Å². The molecule has 6 aromatic heterocycles. The zero-order valence-corrected chi connectivity index (χ0v) is 54.1. The van der Waals surface area contributed by atoms with Crippen molar-refractivity contribution in [3.63, 3.8) is 0 Å². The Hall–Kier alpha value is -6.90. The number of unbranched alkanes of at least 4 members (excludes halogenated alkanes) is 3. The van der Waals surface area contributed by atoms with Gasteiger partial charge in [-0.15, -0.1) is 0 Å². The third-order valence-electron chi connectivity index (χ3n) is 13.7. The number of rotatable bonds is 21. The van der Waals surface area contributed by atoms with E-state index in [1.165, 1.54) is 111 Å². The van der Waals surface area contributed by atoms with Gasteiger partial charge in [-0.25, -0.2) is 29.5 Å². The molecule has 0 fully saturated rings. The molecule has 2 aromatic carbocycles. The van der Waals surface area contributed by atoms with Crippen LogP contribution >= 0.6 is 15.9 Å². The Morgan fingerprint density at radius 2 is 1.05 bits per heavy atom. The maximum atomic E-state index is 12.7. The molecule has 0 aliphatic rings. The van der Waals surface area contributed by atoms with Crippen LogP contribution in [0.1, 0.15) is 122 Å². The molecule has 0 spiro atoms. The van der Waals surface area contributed by atoms with Gasteiger partial charge in [0, 0.05) is 24.8 Å². The second-order valence-electron chi connectivity index (χ2n) is 22.1. The number of methoxy groups -OCH3 is 2. The summed E-state index contributed by atoms with van der Waals surface area (Å²) in [4.78, 5) is 65.8. The summed E-state index contributed by atoms with van der Waals surface area (Å²) < 4.78 is 92.5. The first-order valence-corrected chi connectivity index (χ1v) is 35.7. The first-order chi connectivity index (χ1) is 39.7. The number of esters is 4. The van der Waals surface area contributed by atoms with E-state index in [1.807, 2.05) is 17.8 Å². The summed E-state index contributed by atoms with van der Waals surface area (Å²) in [5, 5.41) is 11.0. The van der Waals surface area contributed by atoms with Crippen molar-refractivity contribution in [3.05, 3.63) is 76.9 Å². The number of hydrogen-bond acceptors (Lipinski definition) is 16. The molecule has 0 unspecified atom stereocenters. The molecule has 8 rings (SSSR count). The van der Waals surface area contributed by atoms with Crippen LogP contribution in [0.25, 0.3) is 55.5 Å². The van der Waals surface area contributed by atoms with Gasteiger partial charge in [0.05, 0.1) is 43.0 Å². The number of halogens is 5. The van der Waals surface area contributed by atoms with Crippen molar-refractivity contribution in [3.8, 4) is 22.9 Å². The molecule has 0 atom stereocenters. The van der Waals surface area contributed by atoms with Gasteiger partial charge in [-0.05, 0) is 75.7 Å². The summed E-state index contributed by atoms with van der Waals surface area (Å²) >= 11 is 0.466. The number of ether oxygens (including phenoxy) is 6. The standard InChI is InChI=1S/C23H23F2N5O5.C14H16BrN3O4.C9H7F2N2O.3C4H9.Sn/c1-23(2,3)21(32)34-11-30-10-14(20(31)33-5)18-19(30)26-9-15(27-18)17-13-8-12(35-22(24)25)6-7-16(13)29(4)28-17;1-14(2,3)13(20)22-7-18-6-8(12(19)21-4)10-11(18)16-5-9(15)17-10;1-13-8-3-2-7(14-9(10)11)4-6(8)5-12-13;3*1-3-4-2;/h6-10,22H,11H2,1-5H3;5-6H,7H2,1-4H3;2-4,9H,1H3;3*1,3-4H2,2H3;. The molecule has 0 N–H and O–H groups in total. The van der Waals surface area contributed by atoms with Crippen molar-refractivity contribution in [2.45, 2.75) is 141 Å². The van der Waals surface area contributed by atoms with Crippen LogP contribution in [0.5, 0.6) is 11.5 Å². The second-order valence-corrected chi connectivity index (χ2v) is 35.8. The Morgan fingerprint density at radius 1 is 0.619 bits per heavy atom. The average molecular weight is 1340 g/mol. The Bertz CT molecular complexity index is 3590. The van der Waals surface area contributed by atoms with E-state index in [0.29, 0.717) is 38.1 Å². The predicted octanol–water partition coefficient (Wildman–Crippen LogP) is 12.7. The monoisotopic (exact) mass is 1340 g/mol. The topological polar surface area (TPSA) is 221 Å². The Kier molecular flexibility index (Phi) is 22.7. The smallest absolute Gasteiger partial charge is 0.387 e. The number of carbonyl (C=O) groups excluding carboxylic acids is 4. The molecule has 8 aromatic rings. The fourth-order valence-corrected chi connectivity index (χ4v) is 25.8. The minimum Gasteiger partial charge on any atom is -0.465 e. The van der Waals surface area contributed by atoms with Gasteiger partial charge in [-0.2, -0.15) is 13.9 Å². The normalized spacial score (nSPS) is 11.9. The van der Waals surface area contributed by atoms with Crippen molar-refractivity contribution in [1.82, 2.24) is 48.6 Å². The minimum atomic E-state index is -2.97. The zero-order chi connectivity index (χ0) is 61.8. The van der Waals surface area contributed by atoms with Gasteiger partial charge in [0.25, 0.3) is 0 Å². The molecule has 26 heteroatoms. The molecule has 0 amide bonds. The van der Waals surface area contributed by atoms with Crippen LogP contribution < -0.4 is 13.2 Å². The van der Waals surface area contributed by atoms with Gasteiger partial charge in [0.2, 0.25) is 0 Å². The van der Waals surface area contributed by atoms with Crippen molar-refractivity contribution >= 4 is 106 Å². The quantitative estimate of drug-likeness (QED) is 0.0282. The summed E-state index contributed by atoms with van der Waals surface area (Å²) in [6, 6.07) is 9.77. The summed E-state index contributed by atoms with van der Waals surface area (Å²) in [6.07, 6.45) is 13.2. The molecule has 0 radical (unpaired) electrons. The molecule has 0 aliphatic carbocycles. The number of benzene rings is 2. The van der Waals surface area contributed by atoms with E-state index in [4.69, 9.17) is 28.8 Å². The summed E-state index contributed by atoms with van der Waals surface area (Å²) in [5.41, 5.74) is 2.72. The van der Waals surface area contributed by atoms with Gasteiger partial charge in [-0.1, -0.05) is 0 Å². The average Bonchev–Trinajstić information content (AvgIpc) is 3.45.